The van der Waals surface area contributed by atoms with Crippen molar-refractivity contribution in [2.45, 2.75) is 6.92 Å². The highest BCUT2D eigenvalue weighted by atomic mass is 32.2. The Labute approximate surface area is 110 Å². The third kappa shape index (κ3) is 4.22. The van der Waals surface area contributed by atoms with Crippen LogP contribution in [0.4, 0.5) is 5.69 Å². The monoisotopic (exact) mass is 284 g/mol. The number of nitro benzene ring substituents is 1. The number of nitro groups is 1. The van der Waals surface area contributed by atoms with Gasteiger partial charge in [0.05, 0.1) is 22.3 Å². The van der Waals surface area contributed by atoms with Gasteiger partial charge >= 0.3 is 5.69 Å². The van der Waals surface area contributed by atoms with E-state index >= 15 is 0 Å². The molecule has 8 heteroatoms. The first-order valence-corrected chi connectivity index (χ1v) is 7.23. The molecular formula is C11H12N2O5S. The van der Waals surface area contributed by atoms with E-state index in [9.17, 15) is 18.5 Å². The van der Waals surface area contributed by atoms with Crippen molar-refractivity contribution >= 4 is 15.5 Å². The van der Waals surface area contributed by atoms with Crippen LogP contribution in [0.25, 0.3) is 0 Å². The molecule has 0 spiro atoms. The van der Waals surface area contributed by atoms with Gasteiger partial charge < -0.3 is 4.74 Å². The van der Waals surface area contributed by atoms with Crippen LogP contribution in [0.5, 0.6) is 5.75 Å². The van der Waals surface area contributed by atoms with Gasteiger partial charge in [-0.15, -0.1) is 0 Å². The first-order chi connectivity index (χ1) is 8.89. The molecule has 0 atom stereocenters. The van der Waals surface area contributed by atoms with Crippen LogP contribution in [-0.2, 0) is 9.84 Å². The molecule has 0 bridgehead atoms. The van der Waals surface area contributed by atoms with Crippen LogP contribution in [0.15, 0.2) is 18.2 Å². The zero-order valence-corrected chi connectivity index (χ0v) is 11.0. The van der Waals surface area contributed by atoms with Gasteiger partial charge in [-0.25, -0.2) is 8.42 Å². The van der Waals surface area contributed by atoms with Gasteiger partial charge in [0, 0.05) is 11.8 Å². The summed E-state index contributed by atoms with van der Waals surface area (Å²) in [5.41, 5.74) is -0.215. The summed E-state index contributed by atoms with van der Waals surface area (Å²) >= 11 is 0. The highest BCUT2D eigenvalue weighted by molar-refractivity contribution is 7.91. The number of nitrogens with zero attached hydrogens (tertiary/aromatic N) is 2. The van der Waals surface area contributed by atoms with Crippen LogP contribution in [0.2, 0.25) is 0 Å². The lowest BCUT2D eigenvalue weighted by Crippen LogP contribution is -2.16. The minimum Gasteiger partial charge on any atom is -0.486 e. The molecule has 0 aliphatic heterocycles. The third-order valence-corrected chi connectivity index (χ3v) is 4.04. The summed E-state index contributed by atoms with van der Waals surface area (Å²) in [6, 6.07) is 5.53. The fourth-order valence-electron chi connectivity index (χ4n) is 1.27. The van der Waals surface area contributed by atoms with Gasteiger partial charge in [-0.05, 0) is 12.1 Å². The Kier molecular flexibility index (Phi) is 4.83. The van der Waals surface area contributed by atoms with Gasteiger partial charge in [0.25, 0.3) is 0 Å². The second-order valence-corrected chi connectivity index (χ2v) is 6.11. The summed E-state index contributed by atoms with van der Waals surface area (Å²) in [5, 5.41) is 19.5. The molecule has 1 rings (SSSR count). The topological polar surface area (TPSA) is 110 Å². The molecule has 1 aromatic carbocycles. The Morgan fingerprint density at radius 1 is 1.47 bits per heavy atom. The van der Waals surface area contributed by atoms with Crippen LogP contribution < -0.4 is 4.74 Å². The van der Waals surface area contributed by atoms with E-state index in [0.29, 0.717) is 0 Å². The standard InChI is InChI=1S/C11H12N2O5S/c1-2-19(16,17)6-5-18-11-4-3-9(8-12)7-10(11)13(14)15/h3-4,7H,2,5-6H2,1H3. The average Bonchev–Trinajstić information content (AvgIpc) is 2.38. The summed E-state index contributed by atoms with van der Waals surface area (Å²) in [6.07, 6.45) is 0. The predicted molar refractivity (Wildman–Crippen MR) is 67.6 cm³/mol. The van der Waals surface area contributed by atoms with E-state index < -0.39 is 14.8 Å². The number of hydrogen-bond acceptors (Lipinski definition) is 6. The SMILES string of the molecule is CCS(=O)(=O)CCOc1ccc(C#N)cc1[N+](=O)[O-]. The maximum absolute atomic E-state index is 11.3. The molecule has 0 N–H and O–H groups in total. The maximum Gasteiger partial charge on any atom is 0.312 e. The molecule has 0 heterocycles. The van der Waals surface area contributed by atoms with E-state index in [1.165, 1.54) is 19.1 Å². The van der Waals surface area contributed by atoms with Gasteiger partial charge in [0.15, 0.2) is 15.6 Å². The number of sulfone groups is 1. The number of hydrogen-bond donors (Lipinski definition) is 0. The van der Waals surface area contributed by atoms with E-state index in [2.05, 4.69) is 0 Å². The smallest absolute Gasteiger partial charge is 0.312 e. The summed E-state index contributed by atoms with van der Waals surface area (Å²) in [7, 11) is -3.18. The van der Waals surface area contributed by atoms with Crippen molar-refractivity contribution in [3.8, 4) is 11.8 Å². The Bertz CT molecular complexity index is 618. The van der Waals surface area contributed by atoms with Crippen molar-refractivity contribution in [2.24, 2.45) is 0 Å². The van der Waals surface area contributed by atoms with Crippen molar-refractivity contribution in [1.29, 1.82) is 5.26 Å². The second kappa shape index (κ2) is 6.15. The van der Waals surface area contributed by atoms with E-state index in [1.54, 1.807) is 6.07 Å². The van der Waals surface area contributed by atoms with Crippen LogP contribution in [0, 0.1) is 21.4 Å². The van der Waals surface area contributed by atoms with Crippen LogP contribution in [0.1, 0.15) is 12.5 Å². The highest BCUT2D eigenvalue weighted by Crippen LogP contribution is 2.27. The molecule has 19 heavy (non-hydrogen) atoms. The van der Waals surface area contributed by atoms with Crippen LogP contribution >= 0.6 is 0 Å². The fourth-order valence-corrected chi connectivity index (χ4v) is 1.90. The van der Waals surface area contributed by atoms with E-state index in [4.69, 9.17) is 10.00 Å². The van der Waals surface area contributed by atoms with Crippen LogP contribution in [0.3, 0.4) is 0 Å². The average molecular weight is 284 g/mol. The molecule has 0 saturated carbocycles. The summed E-state index contributed by atoms with van der Waals surface area (Å²) in [5.74, 6) is -0.262. The fraction of sp³-hybridized carbons (Fsp3) is 0.364. The van der Waals surface area contributed by atoms with E-state index in [1.807, 2.05) is 0 Å². The predicted octanol–water partition coefficient (Wildman–Crippen LogP) is 1.28. The van der Waals surface area contributed by atoms with Crippen LogP contribution in [-0.4, -0.2) is 31.5 Å². The molecule has 0 aliphatic carbocycles. The number of ether oxygens (including phenoxy) is 1. The molecule has 0 saturated heterocycles. The molecule has 0 aliphatic rings. The summed E-state index contributed by atoms with van der Waals surface area (Å²) < 4.78 is 27.6. The molecule has 0 radical (unpaired) electrons. The first kappa shape index (κ1) is 14.9. The molecule has 0 amide bonds. The van der Waals surface area contributed by atoms with Crippen molar-refractivity contribution < 1.29 is 18.1 Å². The lowest BCUT2D eigenvalue weighted by atomic mass is 10.2. The minimum absolute atomic E-state index is 0.00811. The Hall–Kier alpha value is -2.14. The van der Waals surface area contributed by atoms with Crippen molar-refractivity contribution in [3.63, 3.8) is 0 Å². The molecule has 0 unspecified atom stereocenters. The van der Waals surface area contributed by atoms with E-state index in [0.717, 1.165) is 6.07 Å². The zero-order valence-electron chi connectivity index (χ0n) is 10.2. The molecule has 1 aromatic rings. The van der Waals surface area contributed by atoms with Crippen molar-refractivity contribution in [2.75, 3.05) is 18.1 Å². The van der Waals surface area contributed by atoms with Crippen molar-refractivity contribution in [1.82, 2.24) is 0 Å². The van der Waals surface area contributed by atoms with Gasteiger partial charge in [0.1, 0.15) is 6.61 Å². The quantitative estimate of drug-likeness (QED) is 0.574. The largest absolute Gasteiger partial charge is 0.486 e. The highest BCUT2D eigenvalue weighted by Gasteiger charge is 2.17. The van der Waals surface area contributed by atoms with Gasteiger partial charge in [-0.3, -0.25) is 10.1 Å². The van der Waals surface area contributed by atoms with Gasteiger partial charge in [0.2, 0.25) is 0 Å². The third-order valence-electron chi connectivity index (χ3n) is 2.38. The second-order valence-electron chi connectivity index (χ2n) is 3.64. The zero-order chi connectivity index (χ0) is 14.5. The summed E-state index contributed by atoms with van der Waals surface area (Å²) in [4.78, 5) is 10.1. The van der Waals surface area contributed by atoms with Gasteiger partial charge in [-0.2, -0.15) is 5.26 Å². The van der Waals surface area contributed by atoms with Crippen molar-refractivity contribution in [3.05, 3.63) is 33.9 Å². The van der Waals surface area contributed by atoms with Gasteiger partial charge in [-0.1, -0.05) is 6.92 Å². The number of rotatable bonds is 6. The Morgan fingerprint density at radius 3 is 2.68 bits per heavy atom. The Morgan fingerprint density at radius 2 is 2.16 bits per heavy atom. The lowest BCUT2D eigenvalue weighted by molar-refractivity contribution is -0.385. The molecular weight excluding hydrogens is 272 g/mol. The normalized spacial score (nSPS) is 10.7. The molecule has 7 nitrogen and oxygen atoms in total. The molecule has 0 aromatic heterocycles. The first-order valence-electron chi connectivity index (χ1n) is 5.41. The maximum atomic E-state index is 11.3. The van der Waals surface area contributed by atoms with E-state index in [-0.39, 0.29) is 35.1 Å². The Balaban J connectivity index is 2.85. The summed E-state index contributed by atoms with van der Waals surface area (Å²) in [6.45, 7) is 1.35. The lowest BCUT2D eigenvalue weighted by Gasteiger charge is -2.06. The molecule has 0 fully saturated rings. The molecule has 102 valence electrons. The number of benzene rings is 1. The number of nitriles is 1. The minimum atomic E-state index is -3.18.